The number of hydrogen-bond donors (Lipinski definition) is 1. The van der Waals surface area contributed by atoms with Gasteiger partial charge in [0.2, 0.25) is 0 Å². The smallest absolute Gasteiger partial charge is 0.334 e. The number of ether oxygens (including phenoxy) is 1. The molecule has 0 spiro atoms. The summed E-state index contributed by atoms with van der Waals surface area (Å²) in [4.78, 5) is 22.6. The number of allylic oxidation sites excluding steroid dienone is 1. The summed E-state index contributed by atoms with van der Waals surface area (Å²) in [6.07, 6.45) is 2.55. The number of aliphatic hydroxyl groups excluding tert-OH is 1. The van der Waals surface area contributed by atoms with Gasteiger partial charge in [-0.1, -0.05) is 19.6 Å². The van der Waals surface area contributed by atoms with Gasteiger partial charge in [-0.3, -0.25) is 4.79 Å². The minimum absolute atomic E-state index is 0.0111. The van der Waals surface area contributed by atoms with E-state index in [0.29, 0.717) is 18.4 Å². The van der Waals surface area contributed by atoms with Crippen LogP contribution in [0.3, 0.4) is 0 Å². The number of hydrogen-bond acceptors (Lipinski definition) is 4. The molecular weight excluding hydrogens is 244 g/mol. The fourth-order valence-corrected chi connectivity index (χ4v) is 2.98. The SMILES string of the molecule is C=C1C(=O)O[C@H]2C[C@H](C)C([C@H](O)CC(C)=O)=CC[C@H]12. The third-order valence-electron chi connectivity index (χ3n) is 4.04. The van der Waals surface area contributed by atoms with Gasteiger partial charge in [-0.25, -0.2) is 4.79 Å². The Morgan fingerprint density at radius 1 is 1.63 bits per heavy atom. The van der Waals surface area contributed by atoms with Crippen molar-refractivity contribution in [2.24, 2.45) is 11.8 Å². The van der Waals surface area contributed by atoms with E-state index in [1.54, 1.807) is 0 Å². The quantitative estimate of drug-likeness (QED) is 0.479. The summed E-state index contributed by atoms with van der Waals surface area (Å²) in [7, 11) is 0. The molecule has 0 amide bonds. The molecule has 0 unspecified atom stereocenters. The lowest BCUT2D eigenvalue weighted by Gasteiger charge is -2.21. The molecule has 4 nitrogen and oxygen atoms in total. The predicted octanol–water partition coefficient (Wildman–Crippen LogP) is 1.78. The fraction of sp³-hybridized carbons (Fsp3) is 0.600. The van der Waals surface area contributed by atoms with Crippen LogP contribution in [-0.2, 0) is 14.3 Å². The number of carbonyl (C=O) groups excluding carboxylic acids is 2. The normalized spacial score (nSPS) is 32.2. The molecule has 19 heavy (non-hydrogen) atoms. The first-order valence-electron chi connectivity index (χ1n) is 6.67. The fourth-order valence-electron chi connectivity index (χ4n) is 2.98. The molecule has 1 aliphatic heterocycles. The van der Waals surface area contributed by atoms with Gasteiger partial charge in [-0.2, -0.15) is 0 Å². The highest BCUT2D eigenvalue weighted by Crippen LogP contribution is 2.39. The second-order valence-electron chi connectivity index (χ2n) is 5.57. The van der Waals surface area contributed by atoms with E-state index in [2.05, 4.69) is 6.58 Å². The maximum absolute atomic E-state index is 11.5. The molecule has 0 saturated carbocycles. The Morgan fingerprint density at radius 3 is 2.95 bits per heavy atom. The summed E-state index contributed by atoms with van der Waals surface area (Å²) in [5, 5.41) is 10.1. The Morgan fingerprint density at radius 2 is 2.32 bits per heavy atom. The number of fused-ring (bicyclic) bond motifs is 1. The van der Waals surface area contributed by atoms with Gasteiger partial charge in [0.05, 0.1) is 6.10 Å². The second-order valence-corrected chi connectivity index (χ2v) is 5.57. The lowest BCUT2D eigenvalue weighted by atomic mass is 9.89. The zero-order chi connectivity index (χ0) is 14.2. The Bertz CT molecular complexity index is 449. The van der Waals surface area contributed by atoms with Gasteiger partial charge in [0.15, 0.2) is 0 Å². The number of carbonyl (C=O) groups is 2. The summed E-state index contributed by atoms with van der Waals surface area (Å²) < 4.78 is 5.32. The van der Waals surface area contributed by atoms with E-state index >= 15 is 0 Å². The van der Waals surface area contributed by atoms with Crippen LogP contribution < -0.4 is 0 Å². The summed E-state index contributed by atoms with van der Waals surface area (Å²) >= 11 is 0. The van der Waals surface area contributed by atoms with Gasteiger partial charge in [0.25, 0.3) is 0 Å². The predicted molar refractivity (Wildman–Crippen MR) is 70.3 cm³/mol. The minimum Gasteiger partial charge on any atom is -0.458 e. The van der Waals surface area contributed by atoms with Crippen LogP contribution in [0.2, 0.25) is 0 Å². The first-order valence-corrected chi connectivity index (χ1v) is 6.67. The van der Waals surface area contributed by atoms with Crippen molar-refractivity contribution < 1.29 is 19.4 Å². The zero-order valence-corrected chi connectivity index (χ0v) is 11.4. The minimum atomic E-state index is -0.727. The lowest BCUT2D eigenvalue weighted by Crippen LogP contribution is -2.22. The van der Waals surface area contributed by atoms with Crippen molar-refractivity contribution in [3.8, 4) is 0 Å². The molecule has 0 aromatic carbocycles. The van der Waals surface area contributed by atoms with E-state index in [1.807, 2.05) is 13.0 Å². The molecule has 1 aliphatic carbocycles. The van der Waals surface area contributed by atoms with Crippen LogP contribution in [0.25, 0.3) is 0 Å². The van der Waals surface area contributed by atoms with Gasteiger partial charge in [0.1, 0.15) is 11.9 Å². The molecule has 2 aliphatic rings. The van der Waals surface area contributed by atoms with Crippen molar-refractivity contribution in [1.82, 2.24) is 0 Å². The molecule has 0 bridgehead atoms. The van der Waals surface area contributed by atoms with Gasteiger partial charge >= 0.3 is 5.97 Å². The molecule has 4 atom stereocenters. The molecule has 0 aromatic rings. The number of esters is 1. The molecular formula is C15H20O4. The van der Waals surface area contributed by atoms with Gasteiger partial charge < -0.3 is 9.84 Å². The van der Waals surface area contributed by atoms with Gasteiger partial charge in [0, 0.05) is 17.9 Å². The van der Waals surface area contributed by atoms with Crippen LogP contribution in [-0.4, -0.2) is 29.1 Å². The van der Waals surface area contributed by atoms with Gasteiger partial charge in [-0.05, 0) is 31.3 Å². The van der Waals surface area contributed by atoms with Crippen molar-refractivity contribution in [3.63, 3.8) is 0 Å². The van der Waals surface area contributed by atoms with Crippen molar-refractivity contribution in [2.75, 3.05) is 0 Å². The van der Waals surface area contributed by atoms with Crippen molar-refractivity contribution in [2.45, 2.75) is 45.3 Å². The molecule has 1 saturated heterocycles. The number of aliphatic hydroxyl groups is 1. The zero-order valence-electron chi connectivity index (χ0n) is 11.4. The standard InChI is InChI=1S/C15H20O4/c1-8-6-14-12(10(3)15(18)19-14)5-4-11(8)13(17)7-9(2)16/h4,8,12-14,17H,3,5-7H2,1-2H3/t8-,12+,13+,14-/m0/s1. The Labute approximate surface area is 113 Å². The van der Waals surface area contributed by atoms with Crippen LogP contribution in [0.5, 0.6) is 0 Å². The monoisotopic (exact) mass is 264 g/mol. The molecule has 4 heteroatoms. The van der Waals surface area contributed by atoms with E-state index in [4.69, 9.17) is 4.74 Å². The first kappa shape index (κ1) is 14.0. The summed E-state index contributed by atoms with van der Waals surface area (Å²) in [5.74, 6) is -0.218. The number of ketones is 1. The molecule has 1 N–H and O–H groups in total. The highest BCUT2D eigenvalue weighted by Gasteiger charge is 2.41. The van der Waals surface area contributed by atoms with Crippen LogP contribution in [0.4, 0.5) is 0 Å². The highest BCUT2D eigenvalue weighted by molar-refractivity contribution is 5.90. The van der Waals surface area contributed by atoms with Crippen molar-refractivity contribution in [3.05, 3.63) is 23.8 Å². The Hall–Kier alpha value is -1.42. The number of Topliss-reactive ketones (excluding diaryl/α,β-unsaturated/α-hetero) is 1. The van der Waals surface area contributed by atoms with Crippen LogP contribution in [0, 0.1) is 11.8 Å². The maximum atomic E-state index is 11.5. The summed E-state index contributed by atoms with van der Waals surface area (Å²) in [6.45, 7) is 7.25. The van der Waals surface area contributed by atoms with E-state index in [-0.39, 0.29) is 36.1 Å². The molecule has 0 radical (unpaired) electrons. The maximum Gasteiger partial charge on any atom is 0.334 e. The first-order chi connectivity index (χ1) is 8.90. The average Bonchev–Trinajstić information content (AvgIpc) is 2.47. The van der Waals surface area contributed by atoms with Crippen LogP contribution in [0.1, 0.15) is 33.1 Å². The number of rotatable bonds is 3. The van der Waals surface area contributed by atoms with E-state index in [9.17, 15) is 14.7 Å². The van der Waals surface area contributed by atoms with Crippen LogP contribution >= 0.6 is 0 Å². The Balaban J connectivity index is 2.15. The second kappa shape index (κ2) is 5.29. The Kier molecular flexibility index (Phi) is 3.90. The topological polar surface area (TPSA) is 63.6 Å². The summed E-state index contributed by atoms with van der Waals surface area (Å²) in [6, 6.07) is 0. The molecule has 104 valence electrons. The molecule has 2 rings (SSSR count). The average molecular weight is 264 g/mol. The summed E-state index contributed by atoms with van der Waals surface area (Å²) in [5.41, 5.74) is 1.41. The molecule has 1 heterocycles. The highest BCUT2D eigenvalue weighted by atomic mass is 16.6. The van der Waals surface area contributed by atoms with E-state index < -0.39 is 6.10 Å². The van der Waals surface area contributed by atoms with Crippen molar-refractivity contribution in [1.29, 1.82) is 0 Å². The lowest BCUT2D eigenvalue weighted by molar-refractivity contribution is -0.139. The van der Waals surface area contributed by atoms with E-state index in [1.165, 1.54) is 6.92 Å². The van der Waals surface area contributed by atoms with Gasteiger partial charge in [-0.15, -0.1) is 0 Å². The largest absolute Gasteiger partial charge is 0.458 e. The van der Waals surface area contributed by atoms with Crippen molar-refractivity contribution >= 4 is 11.8 Å². The third kappa shape index (κ3) is 2.78. The van der Waals surface area contributed by atoms with E-state index in [0.717, 1.165) is 5.57 Å². The van der Waals surface area contributed by atoms with Crippen LogP contribution in [0.15, 0.2) is 23.8 Å². The molecule has 1 fully saturated rings. The third-order valence-corrected chi connectivity index (χ3v) is 4.04. The molecule has 0 aromatic heterocycles.